The first-order valence-electron chi connectivity index (χ1n) is 2.94. The molecule has 0 aromatic heterocycles. The van der Waals surface area contributed by atoms with Crippen LogP contribution in [0.25, 0.3) is 0 Å². The zero-order valence-electron chi connectivity index (χ0n) is 5.69. The molecule has 1 atom stereocenters. The van der Waals surface area contributed by atoms with E-state index in [4.69, 9.17) is 12.2 Å². The topological polar surface area (TPSA) is 12.0 Å². The van der Waals surface area contributed by atoms with Crippen molar-refractivity contribution in [1.82, 2.24) is 5.32 Å². The third-order valence-electron chi connectivity index (χ3n) is 1.31. The zero-order valence-corrected chi connectivity index (χ0v) is 6.51. The van der Waals surface area contributed by atoms with Crippen molar-refractivity contribution in [2.75, 3.05) is 7.05 Å². The van der Waals surface area contributed by atoms with Crippen molar-refractivity contribution in [3.8, 4) is 0 Å². The van der Waals surface area contributed by atoms with Crippen molar-refractivity contribution >= 4 is 17.2 Å². The molecule has 0 spiro atoms. The predicted molar refractivity (Wildman–Crippen MR) is 41.1 cm³/mol. The summed E-state index contributed by atoms with van der Waals surface area (Å²) in [6.45, 7) is 4.26. The summed E-state index contributed by atoms with van der Waals surface area (Å²) in [5.41, 5.74) is 0. The molecular formula is C6H13NS. The highest BCUT2D eigenvalue weighted by Gasteiger charge is 2.00. The average molecular weight is 131 g/mol. The molecule has 1 N–H and O–H groups in total. The number of hydrogen-bond acceptors (Lipinski definition) is 1. The second-order valence-electron chi connectivity index (χ2n) is 1.92. The minimum Gasteiger partial charge on any atom is -0.383 e. The van der Waals surface area contributed by atoms with Crippen LogP contribution in [0.1, 0.15) is 20.3 Å². The molecule has 2 heteroatoms. The fraction of sp³-hybridized carbons (Fsp3) is 0.833. The molecule has 0 aromatic rings. The molecule has 8 heavy (non-hydrogen) atoms. The van der Waals surface area contributed by atoms with Gasteiger partial charge in [-0.1, -0.05) is 26.1 Å². The number of rotatable bonds is 2. The van der Waals surface area contributed by atoms with E-state index in [1.165, 1.54) is 0 Å². The van der Waals surface area contributed by atoms with Crippen LogP contribution in [0.3, 0.4) is 0 Å². The van der Waals surface area contributed by atoms with Gasteiger partial charge in [0, 0.05) is 13.0 Å². The van der Waals surface area contributed by atoms with E-state index < -0.39 is 0 Å². The first-order valence-corrected chi connectivity index (χ1v) is 3.34. The summed E-state index contributed by atoms with van der Waals surface area (Å²) in [5.74, 6) is 0.537. The fourth-order valence-corrected chi connectivity index (χ4v) is 0.598. The Balaban J connectivity index is 3.46. The Morgan fingerprint density at radius 2 is 2.25 bits per heavy atom. The Morgan fingerprint density at radius 3 is 2.38 bits per heavy atom. The molecule has 1 nitrogen and oxygen atoms in total. The van der Waals surface area contributed by atoms with Crippen LogP contribution in [0.5, 0.6) is 0 Å². The van der Waals surface area contributed by atoms with Gasteiger partial charge in [0.05, 0.1) is 4.99 Å². The van der Waals surface area contributed by atoms with Crippen molar-refractivity contribution in [3.63, 3.8) is 0 Å². The lowest BCUT2D eigenvalue weighted by molar-refractivity contribution is 0.729. The lowest BCUT2D eigenvalue weighted by atomic mass is 10.1. The zero-order chi connectivity index (χ0) is 6.57. The molecule has 0 aromatic carbocycles. The highest BCUT2D eigenvalue weighted by atomic mass is 32.1. The molecule has 0 aliphatic rings. The highest BCUT2D eigenvalue weighted by Crippen LogP contribution is 2.00. The molecule has 0 bridgehead atoms. The van der Waals surface area contributed by atoms with E-state index in [1.54, 1.807) is 0 Å². The van der Waals surface area contributed by atoms with Crippen LogP contribution in [0, 0.1) is 5.92 Å². The predicted octanol–water partition coefficient (Wildman–Crippen LogP) is 1.58. The Bertz CT molecular complexity index is 80.6. The second kappa shape index (κ2) is 3.84. The highest BCUT2D eigenvalue weighted by molar-refractivity contribution is 7.80. The first kappa shape index (κ1) is 7.89. The SMILES string of the molecule is CC[C@@H](C)C(=S)NC. The number of hydrogen-bond donors (Lipinski definition) is 1. The summed E-state index contributed by atoms with van der Waals surface area (Å²) in [7, 11) is 1.87. The molecular weight excluding hydrogens is 118 g/mol. The van der Waals surface area contributed by atoms with Gasteiger partial charge in [0.15, 0.2) is 0 Å². The monoisotopic (exact) mass is 131 g/mol. The van der Waals surface area contributed by atoms with Crippen molar-refractivity contribution in [1.29, 1.82) is 0 Å². The maximum Gasteiger partial charge on any atom is 0.0779 e. The van der Waals surface area contributed by atoms with E-state index >= 15 is 0 Å². The number of nitrogens with one attached hydrogen (secondary N) is 1. The van der Waals surface area contributed by atoms with Gasteiger partial charge in [-0.05, 0) is 6.42 Å². The van der Waals surface area contributed by atoms with E-state index in [0.29, 0.717) is 5.92 Å². The molecule has 0 radical (unpaired) electrons. The minimum absolute atomic E-state index is 0.537. The molecule has 0 fully saturated rings. The molecule has 0 heterocycles. The van der Waals surface area contributed by atoms with Gasteiger partial charge in [-0.25, -0.2) is 0 Å². The van der Waals surface area contributed by atoms with Gasteiger partial charge in [-0.3, -0.25) is 0 Å². The molecule has 0 unspecified atom stereocenters. The van der Waals surface area contributed by atoms with Gasteiger partial charge in [-0.15, -0.1) is 0 Å². The average Bonchev–Trinajstić information content (AvgIpc) is 1.84. The van der Waals surface area contributed by atoms with Gasteiger partial charge in [0.1, 0.15) is 0 Å². The summed E-state index contributed by atoms with van der Waals surface area (Å²) < 4.78 is 0. The van der Waals surface area contributed by atoms with E-state index in [-0.39, 0.29) is 0 Å². The first-order chi connectivity index (χ1) is 3.72. The Kier molecular flexibility index (Phi) is 3.79. The molecule has 0 amide bonds. The molecule has 0 aliphatic carbocycles. The molecule has 0 rings (SSSR count). The fourth-order valence-electron chi connectivity index (χ4n) is 0.432. The maximum absolute atomic E-state index is 4.97. The lowest BCUT2D eigenvalue weighted by Crippen LogP contribution is -2.22. The quantitative estimate of drug-likeness (QED) is 0.571. The van der Waals surface area contributed by atoms with E-state index in [9.17, 15) is 0 Å². The Labute approximate surface area is 56.5 Å². The van der Waals surface area contributed by atoms with Gasteiger partial charge in [0.25, 0.3) is 0 Å². The third-order valence-corrected chi connectivity index (χ3v) is 1.91. The number of thiocarbonyl (C=S) groups is 1. The lowest BCUT2D eigenvalue weighted by Gasteiger charge is -2.07. The van der Waals surface area contributed by atoms with Crippen LogP contribution in [-0.4, -0.2) is 12.0 Å². The minimum atomic E-state index is 0.537. The van der Waals surface area contributed by atoms with Crippen LogP contribution in [0.4, 0.5) is 0 Å². The summed E-state index contributed by atoms with van der Waals surface area (Å²) in [6.07, 6.45) is 1.12. The van der Waals surface area contributed by atoms with E-state index in [0.717, 1.165) is 11.4 Å². The van der Waals surface area contributed by atoms with Gasteiger partial charge < -0.3 is 5.32 Å². The maximum atomic E-state index is 4.97. The standard InChI is InChI=1S/C6H13NS/c1-4-5(2)6(8)7-3/h5H,4H2,1-3H3,(H,7,8)/t5-/m1/s1. The molecule has 0 saturated heterocycles. The summed E-state index contributed by atoms with van der Waals surface area (Å²) in [4.78, 5) is 0.965. The van der Waals surface area contributed by atoms with Crippen LogP contribution < -0.4 is 5.32 Å². The van der Waals surface area contributed by atoms with Crippen LogP contribution in [0.15, 0.2) is 0 Å². The van der Waals surface area contributed by atoms with Crippen LogP contribution in [0.2, 0.25) is 0 Å². The van der Waals surface area contributed by atoms with E-state index in [1.807, 2.05) is 7.05 Å². The Hall–Kier alpha value is -0.110. The van der Waals surface area contributed by atoms with Crippen molar-refractivity contribution < 1.29 is 0 Å². The molecule has 0 aliphatic heterocycles. The largest absolute Gasteiger partial charge is 0.383 e. The summed E-state index contributed by atoms with van der Waals surface area (Å²) in [6, 6.07) is 0. The van der Waals surface area contributed by atoms with Gasteiger partial charge in [0.2, 0.25) is 0 Å². The van der Waals surface area contributed by atoms with Gasteiger partial charge >= 0.3 is 0 Å². The molecule has 48 valence electrons. The van der Waals surface area contributed by atoms with Crippen molar-refractivity contribution in [2.24, 2.45) is 5.92 Å². The molecule has 0 saturated carbocycles. The second-order valence-corrected chi connectivity index (χ2v) is 2.36. The van der Waals surface area contributed by atoms with Crippen LogP contribution >= 0.6 is 12.2 Å². The smallest absolute Gasteiger partial charge is 0.0779 e. The van der Waals surface area contributed by atoms with Crippen molar-refractivity contribution in [2.45, 2.75) is 20.3 Å². The van der Waals surface area contributed by atoms with Crippen LogP contribution in [-0.2, 0) is 0 Å². The summed E-state index contributed by atoms with van der Waals surface area (Å²) in [5, 5.41) is 2.95. The Morgan fingerprint density at radius 1 is 1.75 bits per heavy atom. The van der Waals surface area contributed by atoms with Gasteiger partial charge in [-0.2, -0.15) is 0 Å². The van der Waals surface area contributed by atoms with E-state index in [2.05, 4.69) is 19.2 Å². The summed E-state index contributed by atoms with van der Waals surface area (Å²) >= 11 is 4.97. The third kappa shape index (κ3) is 2.26. The normalized spacial score (nSPS) is 12.9. The van der Waals surface area contributed by atoms with Crippen molar-refractivity contribution in [3.05, 3.63) is 0 Å².